The number of piperidine rings is 1. The van der Waals surface area contributed by atoms with Crippen LogP contribution in [-0.2, 0) is 0 Å². The Hall–Kier alpha value is -0.540. The van der Waals surface area contributed by atoms with Crippen LogP contribution in [0.3, 0.4) is 0 Å². The van der Waals surface area contributed by atoms with Gasteiger partial charge in [0.05, 0.1) is 0 Å². The molecule has 1 atom stereocenters. The summed E-state index contributed by atoms with van der Waals surface area (Å²) in [5, 5.41) is 3.58. The van der Waals surface area contributed by atoms with Crippen molar-refractivity contribution in [2.75, 3.05) is 12.3 Å². The third-order valence-corrected chi connectivity index (χ3v) is 3.84. The summed E-state index contributed by atoms with van der Waals surface area (Å²) in [6, 6.07) is 4.92. The Morgan fingerprint density at radius 2 is 2.20 bits per heavy atom. The number of thioether (sulfide) groups is 1. The van der Waals surface area contributed by atoms with Gasteiger partial charge in [-0.05, 0) is 43.7 Å². The number of aromatic nitrogens is 1. The Balaban J connectivity index is 1.66. The quantitative estimate of drug-likeness (QED) is 0.793. The lowest BCUT2D eigenvalue weighted by atomic mass is 10.0. The molecule has 0 saturated carbocycles. The van der Waals surface area contributed by atoms with Crippen molar-refractivity contribution in [3.05, 3.63) is 24.5 Å². The molecule has 1 aromatic heterocycles. The van der Waals surface area contributed by atoms with Crippen LogP contribution in [0.5, 0.6) is 0 Å². The third-order valence-electron chi connectivity index (χ3n) is 2.80. The highest BCUT2D eigenvalue weighted by molar-refractivity contribution is 7.99. The van der Waals surface area contributed by atoms with Crippen molar-refractivity contribution in [3.8, 4) is 0 Å². The molecule has 2 nitrogen and oxygen atoms in total. The fourth-order valence-corrected chi connectivity index (χ4v) is 2.88. The van der Waals surface area contributed by atoms with Crippen LogP contribution >= 0.6 is 11.8 Å². The van der Waals surface area contributed by atoms with Crippen LogP contribution in [0.2, 0.25) is 0 Å². The van der Waals surface area contributed by atoms with E-state index < -0.39 is 0 Å². The van der Waals surface area contributed by atoms with Crippen molar-refractivity contribution in [2.45, 2.75) is 36.6 Å². The maximum absolute atomic E-state index is 4.02. The van der Waals surface area contributed by atoms with E-state index in [9.17, 15) is 0 Å². The molecule has 1 aliphatic heterocycles. The van der Waals surface area contributed by atoms with E-state index in [1.165, 1.54) is 42.9 Å². The Morgan fingerprint density at radius 1 is 1.33 bits per heavy atom. The topological polar surface area (TPSA) is 24.9 Å². The average molecular weight is 222 g/mol. The van der Waals surface area contributed by atoms with Gasteiger partial charge in [0, 0.05) is 23.3 Å². The van der Waals surface area contributed by atoms with Crippen molar-refractivity contribution in [3.63, 3.8) is 0 Å². The van der Waals surface area contributed by atoms with E-state index in [0.717, 1.165) is 6.04 Å². The van der Waals surface area contributed by atoms with Crippen molar-refractivity contribution in [1.29, 1.82) is 0 Å². The van der Waals surface area contributed by atoms with Gasteiger partial charge in [-0.25, -0.2) is 0 Å². The van der Waals surface area contributed by atoms with Gasteiger partial charge in [0.2, 0.25) is 0 Å². The summed E-state index contributed by atoms with van der Waals surface area (Å²) in [6.07, 6.45) is 9.12. The lowest BCUT2D eigenvalue weighted by Crippen LogP contribution is -2.34. The van der Waals surface area contributed by atoms with E-state index in [1.807, 2.05) is 24.2 Å². The molecule has 1 unspecified atom stereocenters. The molecule has 0 aliphatic carbocycles. The number of nitrogens with zero attached hydrogens (tertiary/aromatic N) is 1. The highest BCUT2D eigenvalue weighted by Crippen LogP contribution is 2.19. The van der Waals surface area contributed by atoms with Crippen LogP contribution in [0, 0.1) is 0 Å². The Labute approximate surface area is 95.9 Å². The molecule has 1 aliphatic rings. The maximum atomic E-state index is 4.02. The molecule has 1 fully saturated rings. The van der Waals surface area contributed by atoms with E-state index in [0.29, 0.717) is 0 Å². The summed E-state index contributed by atoms with van der Waals surface area (Å²) < 4.78 is 0. The normalized spacial score (nSPS) is 21.5. The van der Waals surface area contributed by atoms with Gasteiger partial charge in [-0.1, -0.05) is 6.42 Å². The fraction of sp³-hybridized carbons (Fsp3) is 0.583. The van der Waals surface area contributed by atoms with Gasteiger partial charge < -0.3 is 5.32 Å². The summed E-state index contributed by atoms with van der Waals surface area (Å²) in [7, 11) is 0. The van der Waals surface area contributed by atoms with Crippen LogP contribution in [-0.4, -0.2) is 23.3 Å². The van der Waals surface area contributed by atoms with Crippen LogP contribution in [0.25, 0.3) is 0 Å². The Morgan fingerprint density at radius 3 is 2.93 bits per heavy atom. The van der Waals surface area contributed by atoms with Gasteiger partial charge in [-0.3, -0.25) is 4.98 Å². The first-order valence-corrected chi connectivity index (χ1v) is 6.70. The second kappa shape index (κ2) is 6.13. The minimum Gasteiger partial charge on any atom is -0.314 e. The molecule has 15 heavy (non-hydrogen) atoms. The van der Waals surface area contributed by atoms with E-state index in [2.05, 4.69) is 22.4 Å². The van der Waals surface area contributed by atoms with Crippen molar-refractivity contribution >= 4 is 11.8 Å². The van der Waals surface area contributed by atoms with Gasteiger partial charge in [0.15, 0.2) is 0 Å². The van der Waals surface area contributed by atoms with Gasteiger partial charge in [0.25, 0.3) is 0 Å². The van der Waals surface area contributed by atoms with Crippen molar-refractivity contribution < 1.29 is 0 Å². The van der Waals surface area contributed by atoms with Crippen LogP contribution in [0.15, 0.2) is 29.4 Å². The van der Waals surface area contributed by atoms with Crippen LogP contribution in [0.1, 0.15) is 25.7 Å². The molecule has 82 valence electrons. The van der Waals surface area contributed by atoms with Crippen molar-refractivity contribution in [1.82, 2.24) is 10.3 Å². The molecule has 1 saturated heterocycles. The zero-order valence-electron chi connectivity index (χ0n) is 8.98. The number of hydrogen-bond acceptors (Lipinski definition) is 3. The third kappa shape index (κ3) is 3.84. The van der Waals surface area contributed by atoms with Gasteiger partial charge in [-0.2, -0.15) is 0 Å². The molecular weight excluding hydrogens is 204 g/mol. The first kappa shape index (κ1) is 11.0. The zero-order chi connectivity index (χ0) is 10.3. The fourth-order valence-electron chi connectivity index (χ4n) is 1.92. The largest absolute Gasteiger partial charge is 0.314 e. The SMILES string of the molecule is c1cc(SCCC2CCCCN2)ccn1. The minimum absolute atomic E-state index is 0.757. The van der Waals surface area contributed by atoms with Crippen LogP contribution < -0.4 is 5.32 Å². The lowest BCUT2D eigenvalue weighted by Gasteiger charge is -2.23. The molecule has 1 N–H and O–H groups in total. The summed E-state index contributed by atoms with van der Waals surface area (Å²) >= 11 is 1.93. The van der Waals surface area contributed by atoms with E-state index in [4.69, 9.17) is 0 Å². The highest BCUT2D eigenvalue weighted by Gasteiger charge is 2.11. The minimum atomic E-state index is 0.757. The molecule has 3 heteroatoms. The molecule has 0 radical (unpaired) electrons. The highest BCUT2D eigenvalue weighted by atomic mass is 32.2. The zero-order valence-corrected chi connectivity index (χ0v) is 9.80. The standard InChI is InChI=1S/C12H18N2S/c1-2-7-14-11(3-1)6-10-15-12-4-8-13-9-5-12/h4-5,8-9,11,14H,1-3,6-7,10H2. The lowest BCUT2D eigenvalue weighted by molar-refractivity contribution is 0.395. The Kier molecular flexibility index (Phi) is 4.48. The van der Waals surface area contributed by atoms with E-state index >= 15 is 0 Å². The smallest absolute Gasteiger partial charge is 0.0278 e. The number of hydrogen-bond donors (Lipinski definition) is 1. The monoisotopic (exact) mass is 222 g/mol. The number of nitrogens with one attached hydrogen (secondary N) is 1. The molecule has 2 rings (SSSR count). The van der Waals surface area contributed by atoms with E-state index in [-0.39, 0.29) is 0 Å². The molecule has 0 amide bonds. The second-order valence-electron chi connectivity index (χ2n) is 3.97. The van der Waals surface area contributed by atoms with Gasteiger partial charge >= 0.3 is 0 Å². The summed E-state index contributed by atoms with van der Waals surface area (Å²) in [6.45, 7) is 1.21. The van der Waals surface area contributed by atoms with Gasteiger partial charge in [0.1, 0.15) is 0 Å². The number of rotatable bonds is 4. The number of pyridine rings is 1. The molecule has 0 aromatic carbocycles. The Bertz CT molecular complexity index is 270. The molecule has 1 aromatic rings. The predicted octanol–water partition coefficient (Wildman–Crippen LogP) is 2.71. The average Bonchev–Trinajstić information content (AvgIpc) is 2.32. The maximum Gasteiger partial charge on any atom is 0.0278 e. The first-order valence-electron chi connectivity index (χ1n) is 5.71. The van der Waals surface area contributed by atoms with Gasteiger partial charge in [-0.15, -0.1) is 11.8 Å². The summed E-state index contributed by atoms with van der Waals surface area (Å²) in [5.41, 5.74) is 0. The molecule has 2 heterocycles. The van der Waals surface area contributed by atoms with Crippen molar-refractivity contribution in [2.24, 2.45) is 0 Å². The van der Waals surface area contributed by atoms with Crippen LogP contribution in [0.4, 0.5) is 0 Å². The molecule has 0 bridgehead atoms. The van der Waals surface area contributed by atoms with E-state index in [1.54, 1.807) is 0 Å². The molecular formula is C12H18N2S. The summed E-state index contributed by atoms with van der Waals surface area (Å²) in [4.78, 5) is 5.35. The molecule has 0 spiro atoms. The first-order chi connectivity index (χ1) is 7.45. The summed E-state index contributed by atoms with van der Waals surface area (Å²) in [5.74, 6) is 1.21. The predicted molar refractivity (Wildman–Crippen MR) is 65.2 cm³/mol. The second-order valence-corrected chi connectivity index (χ2v) is 5.14.